The number of ether oxygens (including phenoxy) is 2. The van der Waals surface area contributed by atoms with E-state index in [9.17, 15) is 22.8 Å². The molecule has 0 atom stereocenters. The molecule has 0 radical (unpaired) electrons. The number of benzene rings is 2. The van der Waals surface area contributed by atoms with Crippen LogP contribution in [0.5, 0.6) is 11.5 Å². The van der Waals surface area contributed by atoms with Crippen molar-refractivity contribution >= 4 is 11.8 Å². The van der Waals surface area contributed by atoms with Gasteiger partial charge >= 0.3 is 6.36 Å². The van der Waals surface area contributed by atoms with Crippen LogP contribution in [0.15, 0.2) is 48.5 Å². The molecule has 2 amide bonds. The fraction of sp³-hybridized carbons (Fsp3) is 0.300. The minimum absolute atomic E-state index is 0.115. The third-order valence-corrected chi connectivity index (χ3v) is 3.86. The summed E-state index contributed by atoms with van der Waals surface area (Å²) in [5, 5.41) is 2.50. The molecule has 0 fully saturated rings. The Bertz CT molecular complexity index is 856. The topological polar surface area (TPSA) is 67.9 Å². The normalized spacial score (nSPS) is 10.9. The number of nitrogens with one attached hydrogen (secondary N) is 1. The zero-order valence-electron chi connectivity index (χ0n) is 16.0. The first-order valence-electron chi connectivity index (χ1n) is 8.79. The lowest BCUT2D eigenvalue weighted by Crippen LogP contribution is -2.38. The van der Waals surface area contributed by atoms with Crippen LogP contribution in [0.1, 0.15) is 22.8 Å². The molecule has 0 heterocycles. The van der Waals surface area contributed by atoms with Crippen LogP contribution in [-0.2, 0) is 11.3 Å². The van der Waals surface area contributed by atoms with Crippen LogP contribution in [0.25, 0.3) is 0 Å². The largest absolute Gasteiger partial charge is 0.573 e. The standard InChI is InChI=1S/C20H21F3N2O4/c1-3-28-17-11-7-5-9-15(17)19(27)24-12-18(26)25(2)13-14-8-4-6-10-16(14)29-20(21,22)23/h4-11H,3,12-13H2,1-2H3,(H,24,27). The highest BCUT2D eigenvalue weighted by Gasteiger charge is 2.32. The number of halogens is 3. The van der Waals surface area contributed by atoms with Crippen LogP contribution in [0.4, 0.5) is 13.2 Å². The Kier molecular flexibility index (Phi) is 7.46. The van der Waals surface area contributed by atoms with Gasteiger partial charge in [0.2, 0.25) is 5.91 Å². The molecule has 9 heteroatoms. The van der Waals surface area contributed by atoms with E-state index in [1.54, 1.807) is 37.3 Å². The third-order valence-electron chi connectivity index (χ3n) is 3.86. The molecular weight excluding hydrogens is 389 g/mol. The average molecular weight is 410 g/mol. The molecule has 0 aliphatic rings. The summed E-state index contributed by atoms with van der Waals surface area (Å²) in [6.07, 6.45) is -4.83. The van der Waals surface area contributed by atoms with E-state index >= 15 is 0 Å². The number of likely N-dealkylation sites (N-methyl/N-ethyl adjacent to an activating group) is 1. The molecule has 0 aliphatic carbocycles. The maximum Gasteiger partial charge on any atom is 0.573 e. The van der Waals surface area contributed by atoms with Gasteiger partial charge in [0.05, 0.1) is 18.7 Å². The fourth-order valence-electron chi connectivity index (χ4n) is 2.52. The summed E-state index contributed by atoms with van der Waals surface area (Å²) in [7, 11) is 1.42. The Morgan fingerprint density at radius 2 is 1.66 bits per heavy atom. The number of hydrogen-bond donors (Lipinski definition) is 1. The molecule has 0 spiro atoms. The van der Waals surface area contributed by atoms with E-state index < -0.39 is 18.2 Å². The van der Waals surface area contributed by atoms with Crippen LogP contribution >= 0.6 is 0 Å². The summed E-state index contributed by atoms with van der Waals surface area (Å²) in [6, 6.07) is 12.2. The minimum atomic E-state index is -4.83. The first-order valence-corrected chi connectivity index (χ1v) is 8.79. The van der Waals surface area contributed by atoms with Gasteiger partial charge in [-0.15, -0.1) is 13.2 Å². The molecule has 29 heavy (non-hydrogen) atoms. The van der Waals surface area contributed by atoms with Gasteiger partial charge in [0.1, 0.15) is 11.5 Å². The number of amides is 2. The van der Waals surface area contributed by atoms with Crippen molar-refractivity contribution in [1.82, 2.24) is 10.2 Å². The number of para-hydroxylation sites is 2. The summed E-state index contributed by atoms with van der Waals surface area (Å²) < 4.78 is 46.9. The molecule has 2 rings (SSSR count). The third kappa shape index (κ3) is 6.70. The van der Waals surface area contributed by atoms with Gasteiger partial charge in [0.25, 0.3) is 5.91 Å². The first kappa shape index (κ1) is 22.1. The molecule has 0 saturated heterocycles. The summed E-state index contributed by atoms with van der Waals surface area (Å²) in [6.45, 7) is 1.73. The maximum absolute atomic E-state index is 12.5. The van der Waals surface area contributed by atoms with Gasteiger partial charge in [-0.05, 0) is 25.1 Å². The van der Waals surface area contributed by atoms with Crippen LogP contribution in [0.2, 0.25) is 0 Å². The molecule has 2 aromatic carbocycles. The molecule has 0 unspecified atom stereocenters. The van der Waals surface area contributed by atoms with Crippen LogP contribution < -0.4 is 14.8 Å². The highest BCUT2D eigenvalue weighted by molar-refractivity contribution is 5.98. The van der Waals surface area contributed by atoms with Gasteiger partial charge in [-0.2, -0.15) is 0 Å². The molecule has 0 saturated carbocycles. The number of carbonyl (C=O) groups is 2. The highest BCUT2D eigenvalue weighted by atomic mass is 19.4. The van der Waals surface area contributed by atoms with Gasteiger partial charge in [0, 0.05) is 19.2 Å². The second-order valence-electron chi connectivity index (χ2n) is 6.02. The van der Waals surface area contributed by atoms with Gasteiger partial charge in [-0.1, -0.05) is 30.3 Å². The molecule has 0 aromatic heterocycles. The van der Waals surface area contributed by atoms with Crippen molar-refractivity contribution in [3.8, 4) is 11.5 Å². The molecular formula is C20H21F3N2O4. The second-order valence-corrected chi connectivity index (χ2v) is 6.02. The number of rotatable bonds is 8. The molecule has 6 nitrogen and oxygen atoms in total. The van der Waals surface area contributed by atoms with Gasteiger partial charge < -0.3 is 19.7 Å². The summed E-state index contributed by atoms with van der Waals surface area (Å²) in [5.74, 6) is -0.952. The predicted molar refractivity (Wildman–Crippen MR) is 99.5 cm³/mol. The quantitative estimate of drug-likeness (QED) is 0.725. The lowest BCUT2D eigenvalue weighted by atomic mass is 10.2. The number of carbonyl (C=O) groups excluding carboxylic acids is 2. The van der Waals surface area contributed by atoms with E-state index in [1.165, 1.54) is 30.1 Å². The van der Waals surface area contributed by atoms with E-state index in [1.807, 2.05) is 0 Å². The first-order chi connectivity index (χ1) is 13.7. The van der Waals surface area contributed by atoms with Crippen molar-refractivity contribution in [2.24, 2.45) is 0 Å². The SMILES string of the molecule is CCOc1ccccc1C(=O)NCC(=O)N(C)Cc1ccccc1OC(F)(F)F. The van der Waals surface area contributed by atoms with Crippen molar-refractivity contribution in [3.63, 3.8) is 0 Å². The predicted octanol–water partition coefficient (Wildman–Crippen LogP) is 3.37. The lowest BCUT2D eigenvalue weighted by Gasteiger charge is -2.20. The summed E-state index contributed by atoms with van der Waals surface area (Å²) >= 11 is 0. The summed E-state index contributed by atoms with van der Waals surface area (Å²) in [4.78, 5) is 25.8. The van der Waals surface area contributed by atoms with Crippen LogP contribution in [0.3, 0.4) is 0 Å². The van der Waals surface area contributed by atoms with Crippen LogP contribution in [0, 0.1) is 0 Å². The van der Waals surface area contributed by atoms with E-state index in [-0.39, 0.29) is 30.0 Å². The van der Waals surface area contributed by atoms with Crippen LogP contribution in [-0.4, -0.2) is 43.3 Å². The number of hydrogen-bond acceptors (Lipinski definition) is 4. The zero-order chi connectivity index (χ0) is 21.4. The van der Waals surface area contributed by atoms with Gasteiger partial charge in [-0.25, -0.2) is 0 Å². The van der Waals surface area contributed by atoms with E-state index in [4.69, 9.17) is 4.74 Å². The molecule has 2 aromatic rings. The second kappa shape index (κ2) is 9.81. The highest BCUT2D eigenvalue weighted by Crippen LogP contribution is 2.27. The maximum atomic E-state index is 12.5. The van der Waals surface area contributed by atoms with E-state index in [0.29, 0.717) is 12.4 Å². The van der Waals surface area contributed by atoms with Gasteiger partial charge in [-0.3, -0.25) is 9.59 Å². The Balaban J connectivity index is 1.98. The van der Waals surface area contributed by atoms with E-state index in [0.717, 1.165) is 0 Å². The lowest BCUT2D eigenvalue weighted by molar-refractivity contribution is -0.275. The number of alkyl halides is 3. The van der Waals surface area contributed by atoms with Crippen molar-refractivity contribution in [3.05, 3.63) is 59.7 Å². The number of nitrogens with zero attached hydrogens (tertiary/aromatic N) is 1. The average Bonchev–Trinajstić information content (AvgIpc) is 2.67. The van der Waals surface area contributed by atoms with Gasteiger partial charge in [0.15, 0.2) is 0 Å². The Hall–Kier alpha value is -3.23. The van der Waals surface area contributed by atoms with Crippen molar-refractivity contribution in [2.75, 3.05) is 20.2 Å². The Labute approximate surface area is 166 Å². The summed E-state index contributed by atoms with van der Waals surface area (Å²) in [5.41, 5.74) is 0.474. The van der Waals surface area contributed by atoms with Crippen molar-refractivity contribution in [1.29, 1.82) is 0 Å². The fourth-order valence-corrected chi connectivity index (χ4v) is 2.52. The Morgan fingerprint density at radius 1 is 1.03 bits per heavy atom. The Morgan fingerprint density at radius 3 is 2.31 bits per heavy atom. The zero-order valence-corrected chi connectivity index (χ0v) is 16.0. The molecule has 0 bridgehead atoms. The van der Waals surface area contributed by atoms with E-state index in [2.05, 4.69) is 10.1 Å². The van der Waals surface area contributed by atoms with Crippen molar-refractivity contribution in [2.45, 2.75) is 19.8 Å². The minimum Gasteiger partial charge on any atom is -0.493 e. The molecule has 156 valence electrons. The smallest absolute Gasteiger partial charge is 0.493 e. The van der Waals surface area contributed by atoms with Crippen molar-refractivity contribution < 1.29 is 32.2 Å². The molecule has 0 aliphatic heterocycles. The monoisotopic (exact) mass is 410 g/mol. The molecule has 1 N–H and O–H groups in total.